The van der Waals surface area contributed by atoms with Crippen LogP contribution < -0.4 is 0 Å². The summed E-state index contributed by atoms with van der Waals surface area (Å²) in [5, 5.41) is 4.49. The Morgan fingerprint density at radius 3 is 2.38 bits per heavy atom. The maximum absolute atomic E-state index is 14.5. The molecule has 0 aliphatic heterocycles. The molecule has 2 aromatic heterocycles. The number of aldehydes is 1. The van der Waals surface area contributed by atoms with Gasteiger partial charge in [-0.3, -0.25) is 4.79 Å². The van der Waals surface area contributed by atoms with Crippen LogP contribution >= 0.6 is 0 Å². The first-order valence-corrected chi connectivity index (χ1v) is 9.79. The van der Waals surface area contributed by atoms with Crippen LogP contribution in [0.1, 0.15) is 10.4 Å². The van der Waals surface area contributed by atoms with Gasteiger partial charge in [-0.05, 0) is 18.2 Å². The van der Waals surface area contributed by atoms with Crippen molar-refractivity contribution in [3.63, 3.8) is 0 Å². The van der Waals surface area contributed by atoms with Crippen molar-refractivity contribution < 1.29 is 22.0 Å². The Bertz CT molecular complexity index is 1380. The molecule has 0 spiro atoms. The molecule has 0 atom stereocenters. The van der Waals surface area contributed by atoms with Crippen molar-refractivity contribution in [2.24, 2.45) is 0 Å². The largest absolute Gasteiger partial charge is 0.323 e. The van der Waals surface area contributed by atoms with Gasteiger partial charge in [0, 0.05) is 30.4 Å². The summed E-state index contributed by atoms with van der Waals surface area (Å²) >= 11 is 0. The third-order valence-electron chi connectivity index (χ3n) is 4.52. The van der Waals surface area contributed by atoms with Crippen LogP contribution in [0.25, 0.3) is 33.1 Å². The number of hydrogen-bond donors (Lipinski definition) is 0. The number of rotatable bonds is 4. The van der Waals surface area contributed by atoms with Crippen LogP contribution in [0, 0.1) is 11.6 Å². The molecule has 7 nitrogen and oxygen atoms in total. The number of halogens is 2. The quantitative estimate of drug-likeness (QED) is 0.478. The first kappa shape index (κ1) is 19.1. The average molecular weight is 416 g/mol. The van der Waals surface area contributed by atoms with Crippen molar-refractivity contribution in [1.82, 2.24) is 18.5 Å². The molecular weight excluding hydrogens is 402 g/mol. The second kappa shape index (κ2) is 6.68. The summed E-state index contributed by atoms with van der Waals surface area (Å²) in [5.41, 5.74) is 0.114. The van der Waals surface area contributed by atoms with Crippen LogP contribution in [0.4, 0.5) is 8.78 Å². The molecule has 0 saturated heterocycles. The van der Waals surface area contributed by atoms with E-state index in [2.05, 4.69) is 10.1 Å². The number of benzene rings is 2. The predicted octanol–water partition coefficient (Wildman–Crippen LogP) is 3.00. The molecule has 0 saturated carbocycles. The zero-order valence-electron chi connectivity index (χ0n) is 15.3. The third-order valence-corrected chi connectivity index (χ3v) is 6.16. The van der Waals surface area contributed by atoms with Crippen LogP contribution in [-0.2, 0) is 10.2 Å². The number of carbonyl (C=O) groups is 1. The summed E-state index contributed by atoms with van der Waals surface area (Å²) in [6.07, 6.45) is 1.80. The molecule has 0 fully saturated rings. The van der Waals surface area contributed by atoms with Gasteiger partial charge in [0.1, 0.15) is 29.0 Å². The van der Waals surface area contributed by atoms with E-state index in [0.29, 0.717) is 11.7 Å². The molecule has 0 bridgehead atoms. The molecule has 148 valence electrons. The summed E-state index contributed by atoms with van der Waals surface area (Å²) < 4.78 is 56.1. The molecule has 2 heterocycles. The van der Waals surface area contributed by atoms with Crippen molar-refractivity contribution in [2.75, 3.05) is 14.1 Å². The lowest BCUT2D eigenvalue weighted by atomic mass is 10.00. The number of nitrogens with zero attached hydrogens (tertiary/aromatic N) is 4. The van der Waals surface area contributed by atoms with Gasteiger partial charge in [-0.2, -0.15) is 17.8 Å². The number of hydrogen-bond acceptors (Lipinski definition) is 5. The second-order valence-electron chi connectivity index (χ2n) is 6.49. The molecule has 2 aromatic carbocycles. The molecular formula is C19H14F2N4O3S. The van der Waals surface area contributed by atoms with Gasteiger partial charge in [0.15, 0.2) is 0 Å². The van der Waals surface area contributed by atoms with Crippen LogP contribution in [0.15, 0.2) is 42.6 Å². The lowest BCUT2D eigenvalue weighted by Crippen LogP contribution is -2.29. The van der Waals surface area contributed by atoms with Crippen molar-refractivity contribution in [2.45, 2.75) is 0 Å². The minimum absolute atomic E-state index is 0.0476. The minimum atomic E-state index is -3.98. The lowest BCUT2D eigenvalue weighted by Gasteiger charge is -2.14. The van der Waals surface area contributed by atoms with E-state index in [4.69, 9.17) is 0 Å². The SMILES string of the molecule is CN(C)S(=O)(=O)n1ncc2nc(-c3c(F)cccc3F)c3cc(C=O)ccc3c21. The smallest absolute Gasteiger partial charge is 0.298 e. The lowest BCUT2D eigenvalue weighted by molar-refractivity contribution is 0.112. The van der Waals surface area contributed by atoms with E-state index >= 15 is 0 Å². The maximum Gasteiger partial charge on any atom is 0.323 e. The van der Waals surface area contributed by atoms with E-state index in [9.17, 15) is 22.0 Å². The van der Waals surface area contributed by atoms with Gasteiger partial charge in [-0.1, -0.05) is 18.2 Å². The van der Waals surface area contributed by atoms with Crippen LogP contribution in [0.3, 0.4) is 0 Å². The van der Waals surface area contributed by atoms with E-state index in [1.54, 1.807) is 0 Å². The first-order valence-electron chi connectivity index (χ1n) is 8.39. The first-order chi connectivity index (χ1) is 13.8. The summed E-state index contributed by atoms with van der Waals surface area (Å²) in [7, 11) is -1.27. The molecule has 0 aliphatic rings. The highest BCUT2D eigenvalue weighted by atomic mass is 32.2. The predicted molar refractivity (Wildman–Crippen MR) is 104 cm³/mol. The normalized spacial score (nSPS) is 12.2. The summed E-state index contributed by atoms with van der Waals surface area (Å²) in [5.74, 6) is -1.66. The Hall–Kier alpha value is -3.24. The van der Waals surface area contributed by atoms with Gasteiger partial charge < -0.3 is 0 Å². The van der Waals surface area contributed by atoms with Gasteiger partial charge in [0.2, 0.25) is 0 Å². The van der Waals surface area contributed by atoms with Crippen molar-refractivity contribution in [1.29, 1.82) is 0 Å². The molecule has 4 aromatic rings. The fraction of sp³-hybridized carbons (Fsp3) is 0.105. The number of pyridine rings is 1. The van der Waals surface area contributed by atoms with Crippen molar-refractivity contribution in [3.05, 3.63) is 59.8 Å². The highest BCUT2D eigenvalue weighted by Gasteiger charge is 2.25. The van der Waals surface area contributed by atoms with E-state index in [1.807, 2.05) is 0 Å². The monoisotopic (exact) mass is 416 g/mol. The zero-order valence-corrected chi connectivity index (χ0v) is 16.1. The van der Waals surface area contributed by atoms with Crippen LogP contribution in [-0.4, -0.2) is 47.3 Å². The zero-order chi connectivity index (χ0) is 20.9. The molecule has 0 N–H and O–H groups in total. The molecule has 0 radical (unpaired) electrons. The Balaban J connectivity index is 2.21. The Labute approximate surface area is 164 Å². The minimum Gasteiger partial charge on any atom is -0.298 e. The fourth-order valence-electron chi connectivity index (χ4n) is 3.11. The van der Waals surface area contributed by atoms with Crippen LogP contribution in [0.2, 0.25) is 0 Å². The standard InChI is InChI=1S/C19H14F2N4O3S/c1-24(2)29(27,28)25-19-12-7-6-11(10-26)8-13(12)18(23-16(19)9-22-25)17-14(20)4-3-5-15(17)21/h3-10H,1-2H3. The second-order valence-corrected chi connectivity index (χ2v) is 8.46. The summed E-state index contributed by atoms with van der Waals surface area (Å²) in [4.78, 5) is 15.6. The van der Waals surface area contributed by atoms with Gasteiger partial charge in [0.25, 0.3) is 0 Å². The molecule has 0 unspecified atom stereocenters. The molecule has 0 amide bonds. The van der Waals surface area contributed by atoms with Gasteiger partial charge in [-0.15, -0.1) is 4.09 Å². The average Bonchev–Trinajstić information content (AvgIpc) is 3.12. The molecule has 4 rings (SSSR count). The molecule has 10 heteroatoms. The topological polar surface area (TPSA) is 85.2 Å². The Morgan fingerprint density at radius 2 is 1.76 bits per heavy atom. The van der Waals surface area contributed by atoms with E-state index in [0.717, 1.165) is 20.5 Å². The van der Waals surface area contributed by atoms with Crippen LogP contribution in [0.5, 0.6) is 0 Å². The number of fused-ring (bicyclic) bond motifs is 3. The number of aromatic nitrogens is 3. The van der Waals surface area contributed by atoms with E-state index in [-0.39, 0.29) is 33.2 Å². The highest BCUT2D eigenvalue weighted by Crippen LogP contribution is 2.35. The Kier molecular flexibility index (Phi) is 4.39. The number of carbonyl (C=O) groups excluding carboxylic acids is 1. The van der Waals surface area contributed by atoms with Crippen molar-refractivity contribution in [3.8, 4) is 11.3 Å². The third kappa shape index (κ3) is 2.88. The molecule has 29 heavy (non-hydrogen) atoms. The maximum atomic E-state index is 14.5. The summed E-state index contributed by atoms with van der Waals surface area (Å²) in [6.45, 7) is 0. The van der Waals surface area contributed by atoms with E-state index < -0.39 is 21.8 Å². The van der Waals surface area contributed by atoms with Crippen molar-refractivity contribution >= 4 is 38.3 Å². The fourth-order valence-corrected chi connectivity index (χ4v) is 4.01. The van der Waals surface area contributed by atoms with Gasteiger partial charge in [0.05, 0.1) is 17.5 Å². The Morgan fingerprint density at radius 1 is 1.07 bits per heavy atom. The van der Waals surface area contributed by atoms with E-state index in [1.165, 1.54) is 44.6 Å². The summed E-state index contributed by atoms with van der Waals surface area (Å²) in [6, 6.07) is 7.83. The van der Waals surface area contributed by atoms with Gasteiger partial charge in [-0.25, -0.2) is 13.8 Å². The highest BCUT2D eigenvalue weighted by molar-refractivity contribution is 7.87. The van der Waals surface area contributed by atoms with Gasteiger partial charge >= 0.3 is 10.2 Å². The molecule has 0 aliphatic carbocycles.